The molecular formula is C14H20N2O2S2. The smallest absolute Gasteiger partial charge is 0.240 e. The van der Waals surface area contributed by atoms with E-state index < -0.39 is 10.0 Å². The third kappa shape index (κ3) is 4.84. The molecule has 0 bridgehead atoms. The average Bonchev–Trinajstić information content (AvgIpc) is 2.36. The van der Waals surface area contributed by atoms with Crippen molar-refractivity contribution in [2.45, 2.75) is 24.8 Å². The van der Waals surface area contributed by atoms with Crippen molar-refractivity contribution in [2.24, 2.45) is 5.73 Å². The largest absolute Gasteiger partial charge is 0.320 e. The third-order valence-corrected chi connectivity index (χ3v) is 5.03. The van der Waals surface area contributed by atoms with Crippen molar-refractivity contribution >= 4 is 21.8 Å². The van der Waals surface area contributed by atoms with E-state index in [2.05, 4.69) is 16.6 Å². The zero-order chi connectivity index (χ0) is 15.2. The lowest BCUT2D eigenvalue weighted by Crippen LogP contribution is -2.34. The Bertz CT molecular complexity index is 616. The fraction of sp³-hybridized carbons (Fsp3) is 0.429. The van der Waals surface area contributed by atoms with Crippen LogP contribution in [0.2, 0.25) is 0 Å². The zero-order valence-corrected chi connectivity index (χ0v) is 13.6. The average molecular weight is 312 g/mol. The Morgan fingerprint density at radius 1 is 1.45 bits per heavy atom. The normalized spacial score (nSPS) is 12.6. The number of nitrogens with two attached hydrogens (primary N) is 1. The van der Waals surface area contributed by atoms with Crippen molar-refractivity contribution in [3.05, 3.63) is 29.3 Å². The molecule has 0 radical (unpaired) electrons. The van der Waals surface area contributed by atoms with Crippen molar-refractivity contribution < 1.29 is 8.42 Å². The monoisotopic (exact) mass is 312 g/mol. The van der Waals surface area contributed by atoms with Crippen LogP contribution in [0.5, 0.6) is 0 Å². The SMILES string of the molecule is CSCC(C)NS(=O)(=O)c1ccc(C#CCN)c(C)c1. The van der Waals surface area contributed by atoms with E-state index in [0.29, 0.717) is 0 Å². The summed E-state index contributed by atoms with van der Waals surface area (Å²) in [7, 11) is -3.48. The maximum atomic E-state index is 12.2. The fourth-order valence-corrected chi connectivity index (χ4v) is 3.72. The van der Waals surface area contributed by atoms with Gasteiger partial charge < -0.3 is 5.73 Å². The first-order valence-corrected chi connectivity index (χ1v) is 9.09. The lowest BCUT2D eigenvalue weighted by molar-refractivity contribution is 0.571. The molecule has 1 unspecified atom stereocenters. The number of hydrogen-bond donors (Lipinski definition) is 2. The Balaban J connectivity index is 3.00. The first-order valence-electron chi connectivity index (χ1n) is 6.21. The van der Waals surface area contributed by atoms with Gasteiger partial charge in [0.25, 0.3) is 0 Å². The molecule has 0 aliphatic heterocycles. The van der Waals surface area contributed by atoms with Crippen molar-refractivity contribution in [2.75, 3.05) is 18.6 Å². The highest BCUT2D eigenvalue weighted by molar-refractivity contribution is 7.98. The zero-order valence-electron chi connectivity index (χ0n) is 11.9. The number of rotatable bonds is 5. The summed E-state index contributed by atoms with van der Waals surface area (Å²) in [5, 5.41) is 0. The third-order valence-electron chi connectivity index (χ3n) is 2.61. The Hall–Kier alpha value is -1.00. The van der Waals surface area contributed by atoms with E-state index >= 15 is 0 Å². The molecule has 1 atom stereocenters. The molecule has 6 heteroatoms. The quantitative estimate of drug-likeness (QED) is 0.805. The van der Waals surface area contributed by atoms with E-state index in [9.17, 15) is 8.42 Å². The van der Waals surface area contributed by atoms with E-state index in [-0.39, 0.29) is 17.5 Å². The molecule has 1 rings (SSSR count). The van der Waals surface area contributed by atoms with Crippen LogP contribution in [0.15, 0.2) is 23.1 Å². The number of sulfonamides is 1. The molecule has 0 aromatic heterocycles. The Morgan fingerprint density at radius 2 is 2.15 bits per heavy atom. The first-order chi connectivity index (χ1) is 9.40. The Labute approximate surface area is 125 Å². The summed E-state index contributed by atoms with van der Waals surface area (Å²) < 4.78 is 27.1. The molecular weight excluding hydrogens is 292 g/mol. The van der Waals surface area contributed by atoms with Crippen LogP contribution in [0.4, 0.5) is 0 Å². The number of aryl methyl sites for hydroxylation is 1. The number of thioether (sulfide) groups is 1. The maximum absolute atomic E-state index is 12.2. The van der Waals surface area contributed by atoms with Crippen molar-refractivity contribution in [1.82, 2.24) is 4.72 Å². The molecule has 3 N–H and O–H groups in total. The van der Waals surface area contributed by atoms with Crippen LogP contribution in [-0.2, 0) is 10.0 Å². The molecule has 4 nitrogen and oxygen atoms in total. The van der Waals surface area contributed by atoms with Gasteiger partial charge in [-0.25, -0.2) is 13.1 Å². The standard InChI is InChI=1S/C14H20N2O2S2/c1-11-9-14(7-6-13(11)5-4-8-15)20(17,18)16-12(2)10-19-3/h6-7,9,12,16H,8,10,15H2,1-3H3. The summed E-state index contributed by atoms with van der Waals surface area (Å²) in [5.41, 5.74) is 6.95. The molecule has 1 aromatic rings. The van der Waals surface area contributed by atoms with Crippen LogP contribution in [0.1, 0.15) is 18.1 Å². The predicted octanol–water partition coefficient (Wildman–Crippen LogP) is 1.34. The van der Waals surface area contributed by atoms with Gasteiger partial charge in [-0.2, -0.15) is 11.8 Å². The van der Waals surface area contributed by atoms with Gasteiger partial charge in [0.1, 0.15) is 0 Å². The Morgan fingerprint density at radius 3 is 2.70 bits per heavy atom. The molecule has 0 saturated carbocycles. The molecule has 0 aliphatic carbocycles. The molecule has 0 spiro atoms. The second kappa shape index (κ2) is 7.70. The van der Waals surface area contributed by atoms with E-state index in [1.54, 1.807) is 30.0 Å². The van der Waals surface area contributed by atoms with Crippen LogP contribution in [-0.4, -0.2) is 33.0 Å². The summed E-state index contributed by atoms with van der Waals surface area (Å²) in [6.07, 6.45) is 1.94. The lowest BCUT2D eigenvalue weighted by Gasteiger charge is -2.13. The first kappa shape index (κ1) is 17.1. The molecule has 0 saturated heterocycles. The minimum Gasteiger partial charge on any atom is -0.320 e. The highest BCUT2D eigenvalue weighted by Crippen LogP contribution is 2.15. The highest BCUT2D eigenvalue weighted by Gasteiger charge is 2.17. The Kier molecular flexibility index (Phi) is 6.56. The van der Waals surface area contributed by atoms with E-state index in [1.807, 2.05) is 20.1 Å². The summed E-state index contributed by atoms with van der Waals surface area (Å²) >= 11 is 1.60. The van der Waals surface area contributed by atoms with Crippen LogP contribution in [0.3, 0.4) is 0 Å². The summed E-state index contributed by atoms with van der Waals surface area (Å²) in [5.74, 6) is 6.42. The van der Waals surface area contributed by atoms with Crippen molar-refractivity contribution in [1.29, 1.82) is 0 Å². The van der Waals surface area contributed by atoms with Gasteiger partial charge in [0.2, 0.25) is 10.0 Å². The summed E-state index contributed by atoms with van der Waals surface area (Å²) in [4.78, 5) is 0.265. The van der Waals surface area contributed by atoms with Crippen molar-refractivity contribution in [3.8, 4) is 11.8 Å². The van der Waals surface area contributed by atoms with Gasteiger partial charge in [0.05, 0.1) is 11.4 Å². The van der Waals surface area contributed by atoms with Gasteiger partial charge in [0, 0.05) is 17.4 Å². The minimum absolute atomic E-state index is 0.105. The van der Waals surface area contributed by atoms with Crippen molar-refractivity contribution in [3.63, 3.8) is 0 Å². The highest BCUT2D eigenvalue weighted by atomic mass is 32.2. The van der Waals surface area contributed by atoms with Gasteiger partial charge in [-0.05, 0) is 43.9 Å². The van der Waals surface area contributed by atoms with Gasteiger partial charge in [-0.15, -0.1) is 0 Å². The number of benzene rings is 1. The molecule has 1 aromatic carbocycles. The van der Waals surface area contributed by atoms with Crippen LogP contribution in [0, 0.1) is 18.8 Å². The minimum atomic E-state index is -3.48. The van der Waals surface area contributed by atoms with E-state index in [0.717, 1.165) is 16.9 Å². The van der Waals surface area contributed by atoms with Gasteiger partial charge in [0.15, 0.2) is 0 Å². The molecule has 110 valence electrons. The molecule has 20 heavy (non-hydrogen) atoms. The van der Waals surface area contributed by atoms with Gasteiger partial charge in [-0.3, -0.25) is 0 Å². The molecule has 0 fully saturated rings. The van der Waals surface area contributed by atoms with Crippen LogP contribution >= 0.6 is 11.8 Å². The number of hydrogen-bond acceptors (Lipinski definition) is 4. The molecule has 0 amide bonds. The summed E-state index contributed by atoms with van der Waals surface area (Å²) in [6, 6.07) is 4.81. The molecule has 0 aliphatic rings. The van der Waals surface area contributed by atoms with E-state index in [1.165, 1.54) is 0 Å². The second-order valence-corrected chi connectivity index (χ2v) is 7.08. The molecule has 0 heterocycles. The maximum Gasteiger partial charge on any atom is 0.240 e. The van der Waals surface area contributed by atoms with E-state index in [4.69, 9.17) is 5.73 Å². The fourth-order valence-electron chi connectivity index (χ4n) is 1.71. The lowest BCUT2D eigenvalue weighted by atomic mass is 10.1. The summed E-state index contributed by atoms with van der Waals surface area (Å²) in [6.45, 7) is 3.97. The predicted molar refractivity (Wildman–Crippen MR) is 85.3 cm³/mol. The van der Waals surface area contributed by atoms with Crippen LogP contribution in [0.25, 0.3) is 0 Å². The van der Waals surface area contributed by atoms with Gasteiger partial charge >= 0.3 is 0 Å². The van der Waals surface area contributed by atoms with Gasteiger partial charge in [-0.1, -0.05) is 11.8 Å². The van der Waals surface area contributed by atoms with Crippen LogP contribution < -0.4 is 10.5 Å². The second-order valence-electron chi connectivity index (χ2n) is 4.46. The number of nitrogens with one attached hydrogen (secondary N) is 1. The topological polar surface area (TPSA) is 72.2 Å².